The molecule has 34 heavy (non-hydrogen) atoms. The predicted octanol–water partition coefficient (Wildman–Crippen LogP) is 4.78. The van der Waals surface area contributed by atoms with E-state index in [-0.39, 0.29) is 22.9 Å². The number of rotatable bonds is 4. The summed E-state index contributed by atoms with van der Waals surface area (Å²) in [5.74, 6) is -0.863. The van der Waals surface area contributed by atoms with Gasteiger partial charge in [-0.2, -0.15) is 0 Å². The van der Waals surface area contributed by atoms with Crippen molar-refractivity contribution in [3.05, 3.63) is 93.2 Å². The Morgan fingerprint density at radius 3 is 2.56 bits per heavy atom. The van der Waals surface area contributed by atoms with E-state index in [9.17, 15) is 14.7 Å². The minimum absolute atomic E-state index is 0.0519. The third-order valence-electron chi connectivity index (χ3n) is 5.69. The molecule has 0 spiro atoms. The average Bonchev–Trinajstić information content (AvgIpc) is 3.10. The number of aliphatic hydroxyl groups excluding tert-OH is 1. The lowest BCUT2D eigenvalue weighted by molar-refractivity contribution is -0.140. The lowest BCUT2D eigenvalue weighted by Crippen LogP contribution is -2.29. The topological polar surface area (TPSA) is 89.0 Å². The first-order valence-corrected chi connectivity index (χ1v) is 11.2. The van der Waals surface area contributed by atoms with Crippen LogP contribution in [0.2, 0.25) is 10.0 Å². The fourth-order valence-electron chi connectivity index (χ4n) is 4.11. The molecular weight excluding hydrogens is 479 g/mol. The summed E-state index contributed by atoms with van der Waals surface area (Å²) in [4.78, 5) is 31.8. The number of nitrogens with zero attached hydrogens (tertiary/aromatic N) is 2. The zero-order chi connectivity index (χ0) is 23.8. The van der Waals surface area contributed by atoms with Gasteiger partial charge in [0.25, 0.3) is 11.7 Å². The van der Waals surface area contributed by atoms with Crippen LogP contribution in [-0.2, 0) is 16.1 Å². The van der Waals surface area contributed by atoms with Crippen molar-refractivity contribution in [2.75, 3.05) is 13.2 Å². The van der Waals surface area contributed by atoms with Gasteiger partial charge in [-0.15, -0.1) is 0 Å². The van der Waals surface area contributed by atoms with Crippen molar-refractivity contribution in [3.63, 3.8) is 0 Å². The summed E-state index contributed by atoms with van der Waals surface area (Å²) in [5.41, 5.74) is 1.54. The monoisotopic (exact) mass is 496 g/mol. The van der Waals surface area contributed by atoms with Crippen LogP contribution in [0.5, 0.6) is 11.5 Å². The Kier molecular flexibility index (Phi) is 5.89. The van der Waals surface area contributed by atoms with Gasteiger partial charge in [-0.25, -0.2) is 0 Å². The summed E-state index contributed by atoms with van der Waals surface area (Å²) >= 11 is 12.4. The van der Waals surface area contributed by atoms with Crippen LogP contribution >= 0.6 is 23.2 Å². The van der Waals surface area contributed by atoms with E-state index in [1.54, 1.807) is 60.9 Å². The highest BCUT2D eigenvalue weighted by molar-refractivity contribution is 6.46. The van der Waals surface area contributed by atoms with E-state index < -0.39 is 17.7 Å². The number of aliphatic hydroxyl groups is 1. The first kappa shape index (κ1) is 22.3. The number of amides is 1. The molecule has 1 aromatic heterocycles. The Labute approximate surface area is 205 Å². The molecule has 1 saturated heterocycles. The van der Waals surface area contributed by atoms with Crippen LogP contribution in [0, 0.1) is 0 Å². The molecule has 1 fully saturated rings. The summed E-state index contributed by atoms with van der Waals surface area (Å²) < 4.78 is 11.1. The molecule has 3 aromatic rings. The molecule has 2 aromatic carbocycles. The second-order valence-corrected chi connectivity index (χ2v) is 8.63. The van der Waals surface area contributed by atoms with Crippen LogP contribution in [0.3, 0.4) is 0 Å². The van der Waals surface area contributed by atoms with E-state index in [2.05, 4.69) is 4.98 Å². The summed E-state index contributed by atoms with van der Waals surface area (Å²) in [6.07, 6.45) is 3.24. The first-order chi connectivity index (χ1) is 16.4. The van der Waals surface area contributed by atoms with E-state index >= 15 is 0 Å². The van der Waals surface area contributed by atoms with E-state index in [1.807, 2.05) is 0 Å². The van der Waals surface area contributed by atoms with Crippen molar-refractivity contribution in [3.8, 4) is 11.5 Å². The molecule has 2 aliphatic heterocycles. The van der Waals surface area contributed by atoms with Crippen LogP contribution in [0.15, 0.2) is 66.5 Å². The molecule has 1 atom stereocenters. The van der Waals surface area contributed by atoms with Gasteiger partial charge in [0.2, 0.25) is 0 Å². The molecular formula is C25H18Cl2N2O5. The molecule has 0 radical (unpaired) electrons. The van der Waals surface area contributed by atoms with E-state index in [4.69, 9.17) is 32.7 Å². The molecule has 0 unspecified atom stereocenters. The van der Waals surface area contributed by atoms with Gasteiger partial charge in [0, 0.05) is 24.5 Å². The molecule has 172 valence electrons. The lowest BCUT2D eigenvalue weighted by Gasteiger charge is -2.26. The minimum atomic E-state index is -0.886. The molecule has 9 heteroatoms. The number of halogens is 2. The van der Waals surface area contributed by atoms with Crippen molar-refractivity contribution >= 4 is 40.7 Å². The molecule has 0 aliphatic carbocycles. The molecule has 7 nitrogen and oxygen atoms in total. The lowest BCUT2D eigenvalue weighted by atomic mass is 9.95. The summed E-state index contributed by atoms with van der Waals surface area (Å²) in [5, 5.41) is 11.9. The molecule has 0 saturated carbocycles. The van der Waals surface area contributed by atoms with Gasteiger partial charge in [0.1, 0.15) is 19.0 Å². The molecule has 2 aliphatic rings. The van der Waals surface area contributed by atoms with Gasteiger partial charge in [-0.1, -0.05) is 35.3 Å². The van der Waals surface area contributed by atoms with Crippen molar-refractivity contribution in [1.82, 2.24) is 9.88 Å². The molecule has 3 heterocycles. The molecule has 5 rings (SSSR count). The summed E-state index contributed by atoms with van der Waals surface area (Å²) in [6.45, 7) is 0.909. The zero-order valence-electron chi connectivity index (χ0n) is 17.7. The van der Waals surface area contributed by atoms with E-state index in [0.717, 1.165) is 5.56 Å². The maximum absolute atomic E-state index is 13.2. The normalized spacial score (nSPS) is 18.9. The number of likely N-dealkylation sites (tertiary alicyclic amines) is 1. The Balaban J connectivity index is 1.65. The van der Waals surface area contributed by atoms with E-state index in [1.165, 1.54) is 4.90 Å². The Bertz CT molecular complexity index is 1330. The summed E-state index contributed by atoms with van der Waals surface area (Å²) in [6, 6.07) is 12.4. The SMILES string of the molecule is O=C1C(=O)N(Cc2cccnc2)[C@@H](c2ccc(Cl)c(Cl)c2)C1=C(O)c1ccc2c(c1)OCCO2. The third kappa shape index (κ3) is 3.97. The number of hydrogen-bond donors (Lipinski definition) is 1. The number of aromatic nitrogens is 1. The number of hydrogen-bond acceptors (Lipinski definition) is 6. The molecule has 1 amide bonds. The smallest absolute Gasteiger partial charge is 0.295 e. The number of carbonyl (C=O) groups excluding carboxylic acids is 2. The zero-order valence-corrected chi connectivity index (χ0v) is 19.2. The standard InChI is InChI=1S/C25H18Cl2N2O5/c26-17-5-3-15(10-18(17)27)22-21(23(30)16-4-6-19-20(11-16)34-9-8-33-19)24(31)25(32)29(22)13-14-2-1-7-28-12-14/h1-7,10-12,22,30H,8-9,13H2/t22-/m0/s1. The van der Waals surface area contributed by atoms with Gasteiger partial charge >= 0.3 is 0 Å². The fraction of sp³-hybridized carbons (Fsp3) is 0.160. The second kappa shape index (κ2) is 9.00. The fourth-order valence-corrected chi connectivity index (χ4v) is 4.41. The number of ketones is 1. The largest absolute Gasteiger partial charge is 0.507 e. The van der Waals surface area contributed by atoms with Crippen molar-refractivity contribution in [2.24, 2.45) is 0 Å². The average molecular weight is 497 g/mol. The second-order valence-electron chi connectivity index (χ2n) is 7.82. The van der Waals surface area contributed by atoms with E-state index in [0.29, 0.717) is 40.9 Å². The van der Waals surface area contributed by atoms with Crippen molar-refractivity contribution in [1.29, 1.82) is 0 Å². The highest BCUT2D eigenvalue weighted by atomic mass is 35.5. The van der Waals surface area contributed by atoms with Gasteiger partial charge in [-0.3, -0.25) is 14.6 Å². The van der Waals surface area contributed by atoms with Crippen LogP contribution in [0.1, 0.15) is 22.7 Å². The summed E-state index contributed by atoms with van der Waals surface area (Å²) in [7, 11) is 0. The predicted molar refractivity (Wildman–Crippen MR) is 126 cm³/mol. The highest BCUT2D eigenvalue weighted by Crippen LogP contribution is 2.42. The minimum Gasteiger partial charge on any atom is -0.507 e. The number of ether oxygens (including phenoxy) is 2. The van der Waals surface area contributed by atoms with Gasteiger partial charge < -0.3 is 19.5 Å². The van der Waals surface area contributed by atoms with Crippen molar-refractivity contribution in [2.45, 2.75) is 12.6 Å². The number of pyridine rings is 1. The Morgan fingerprint density at radius 1 is 1.03 bits per heavy atom. The van der Waals surface area contributed by atoms with Gasteiger partial charge in [0.15, 0.2) is 11.5 Å². The van der Waals surface area contributed by atoms with Crippen LogP contribution in [-0.4, -0.2) is 39.9 Å². The van der Waals surface area contributed by atoms with Crippen LogP contribution in [0.4, 0.5) is 0 Å². The van der Waals surface area contributed by atoms with Gasteiger partial charge in [-0.05, 0) is 47.5 Å². The van der Waals surface area contributed by atoms with Crippen LogP contribution in [0.25, 0.3) is 5.76 Å². The number of fused-ring (bicyclic) bond motifs is 1. The van der Waals surface area contributed by atoms with Crippen molar-refractivity contribution < 1.29 is 24.2 Å². The Morgan fingerprint density at radius 2 is 1.82 bits per heavy atom. The maximum Gasteiger partial charge on any atom is 0.295 e. The van der Waals surface area contributed by atoms with Gasteiger partial charge in [0.05, 0.1) is 21.7 Å². The molecule has 0 bridgehead atoms. The molecule has 1 N–H and O–H groups in total. The number of benzene rings is 2. The maximum atomic E-state index is 13.2. The van der Waals surface area contributed by atoms with Crippen LogP contribution < -0.4 is 9.47 Å². The third-order valence-corrected chi connectivity index (χ3v) is 6.43. The highest BCUT2D eigenvalue weighted by Gasteiger charge is 2.46. The number of carbonyl (C=O) groups is 2. The first-order valence-electron chi connectivity index (χ1n) is 10.5. The quantitative estimate of drug-likeness (QED) is 0.317. The number of Topliss-reactive ketones (excluding diaryl/α,β-unsaturated/α-hetero) is 1. The Hall–Kier alpha value is -3.55.